The average molecular weight is 682 g/mol. The first-order chi connectivity index (χ1) is 19.8. The molecule has 208 valence electrons. The van der Waals surface area contributed by atoms with Crippen LogP contribution in [0, 0.1) is 13.7 Å². The molecule has 0 spiro atoms. The number of thiazole rings is 1. The van der Waals surface area contributed by atoms with E-state index in [1.165, 1.54) is 30.6 Å². The molecule has 4 aromatic rings. The van der Waals surface area contributed by atoms with Crippen molar-refractivity contribution in [2.45, 2.75) is 26.0 Å². The molecule has 1 aromatic heterocycles. The summed E-state index contributed by atoms with van der Waals surface area (Å²) in [6.07, 6.45) is 2.32. The number of fused-ring (bicyclic) bond motifs is 1. The molecule has 0 bridgehead atoms. The van der Waals surface area contributed by atoms with Gasteiger partial charge in [0.2, 0.25) is 0 Å². The zero-order valence-corrected chi connectivity index (χ0v) is 25.0. The van der Waals surface area contributed by atoms with Gasteiger partial charge in [-0.3, -0.25) is 19.5 Å². The first-order valence-corrected chi connectivity index (χ1v) is 14.5. The molecule has 9 nitrogen and oxygen atoms in total. The van der Waals surface area contributed by atoms with Crippen molar-refractivity contribution in [2.75, 3.05) is 7.11 Å². The Morgan fingerprint density at radius 1 is 1.15 bits per heavy atom. The maximum absolute atomic E-state index is 13.8. The number of aromatic nitrogens is 1. The van der Waals surface area contributed by atoms with Crippen LogP contribution in [0.1, 0.15) is 36.1 Å². The number of benzene rings is 3. The normalized spacial score (nSPS) is 14.8. The van der Waals surface area contributed by atoms with Gasteiger partial charge in [-0.2, -0.15) is 0 Å². The fraction of sp³-hybridized carbons (Fsp3) is 0.167. The second-order valence-electron chi connectivity index (χ2n) is 9.10. The highest BCUT2D eigenvalue weighted by atomic mass is 127. The van der Waals surface area contributed by atoms with Crippen LogP contribution >= 0.6 is 33.9 Å². The summed E-state index contributed by atoms with van der Waals surface area (Å²) in [5, 5.41) is 10.9. The number of nitro benzene ring substituents is 1. The zero-order chi connectivity index (χ0) is 29.1. The standard InChI is InChI=1S/C30H24IN3O6S/c1-3-23-26(29(36)39-2)27(20-7-5-4-6-8-20)33-28(35)25(41-30(33)32-23)16-19-11-14-24(22(31)15-19)40-17-18-9-12-21(13-10-18)34(37)38/h4-16,27H,3,17H2,1-2H3/b25-16-/t27-/m0/s1. The molecule has 0 amide bonds. The Hall–Kier alpha value is -4.10. The van der Waals surface area contributed by atoms with Crippen molar-refractivity contribution in [3.63, 3.8) is 0 Å². The zero-order valence-electron chi connectivity index (χ0n) is 22.1. The largest absolute Gasteiger partial charge is 0.488 e. The molecule has 3 aromatic carbocycles. The number of hydrogen-bond acceptors (Lipinski definition) is 8. The number of esters is 1. The quantitative estimate of drug-likeness (QED) is 0.113. The van der Waals surface area contributed by atoms with E-state index in [2.05, 4.69) is 22.6 Å². The van der Waals surface area contributed by atoms with E-state index in [4.69, 9.17) is 14.5 Å². The Balaban J connectivity index is 1.48. The van der Waals surface area contributed by atoms with Gasteiger partial charge in [0.05, 0.1) is 37.4 Å². The first-order valence-electron chi connectivity index (χ1n) is 12.6. The van der Waals surface area contributed by atoms with Crippen LogP contribution in [-0.2, 0) is 16.1 Å². The molecule has 0 aliphatic carbocycles. The second kappa shape index (κ2) is 12.2. The molecule has 1 aliphatic heterocycles. The number of carbonyl (C=O) groups excluding carboxylic acids is 1. The minimum Gasteiger partial charge on any atom is -0.488 e. The van der Waals surface area contributed by atoms with Gasteiger partial charge in [-0.1, -0.05) is 54.7 Å². The van der Waals surface area contributed by atoms with Crippen LogP contribution in [0.5, 0.6) is 5.75 Å². The van der Waals surface area contributed by atoms with Crippen LogP contribution < -0.4 is 19.6 Å². The van der Waals surface area contributed by atoms with Gasteiger partial charge >= 0.3 is 5.97 Å². The van der Waals surface area contributed by atoms with Gasteiger partial charge in [-0.25, -0.2) is 9.79 Å². The van der Waals surface area contributed by atoms with Crippen molar-refractivity contribution in [3.05, 3.63) is 134 Å². The topological polar surface area (TPSA) is 113 Å². The monoisotopic (exact) mass is 681 g/mol. The molecule has 0 saturated heterocycles. The predicted octanol–water partition coefficient (Wildman–Crippen LogP) is 4.89. The number of non-ortho nitro benzene ring substituents is 1. The van der Waals surface area contributed by atoms with Crippen molar-refractivity contribution in [1.82, 2.24) is 4.57 Å². The highest BCUT2D eigenvalue weighted by Gasteiger charge is 2.33. The molecule has 11 heteroatoms. The lowest BCUT2D eigenvalue weighted by molar-refractivity contribution is -0.384. The number of rotatable bonds is 8. The van der Waals surface area contributed by atoms with Crippen LogP contribution in [-0.4, -0.2) is 22.6 Å². The molecule has 41 heavy (non-hydrogen) atoms. The number of hydrogen-bond donors (Lipinski definition) is 0. The van der Waals surface area contributed by atoms with E-state index in [0.717, 1.165) is 20.3 Å². The molecule has 1 atom stereocenters. The summed E-state index contributed by atoms with van der Waals surface area (Å²) >= 11 is 3.45. The van der Waals surface area contributed by atoms with Gasteiger partial charge in [-0.15, -0.1) is 0 Å². The molecule has 5 rings (SSSR count). The molecular weight excluding hydrogens is 657 g/mol. The van der Waals surface area contributed by atoms with Gasteiger partial charge in [0.1, 0.15) is 12.4 Å². The maximum atomic E-state index is 13.8. The highest BCUT2D eigenvalue weighted by Crippen LogP contribution is 2.31. The van der Waals surface area contributed by atoms with E-state index in [9.17, 15) is 19.7 Å². The molecular formula is C30H24IN3O6S. The Bertz CT molecular complexity index is 1850. The molecule has 2 heterocycles. The van der Waals surface area contributed by atoms with Crippen molar-refractivity contribution < 1.29 is 19.2 Å². The van der Waals surface area contributed by atoms with E-state index in [0.29, 0.717) is 32.8 Å². The number of halogens is 1. The van der Waals surface area contributed by atoms with Crippen LogP contribution in [0.2, 0.25) is 0 Å². The third kappa shape index (κ3) is 5.86. The predicted molar refractivity (Wildman–Crippen MR) is 163 cm³/mol. The van der Waals surface area contributed by atoms with Crippen LogP contribution in [0.15, 0.2) is 93.9 Å². The number of ether oxygens (including phenoxy) is 2. The molecule has 0 fully saturated rings. The first kappa shape index (κ1) is 28.4. The van der Waals surface area contributed by atoms with Crippen molar-refractivity contribution in [1.29, 1.82) is 0 Å². The van der Waals surface area contributed by atoms with Crippen LogP contribution in [0.3, 0.4) is 0 Å². The lowest BCUT2D eigenvalue weighted by Crippen LogP contribution is -2.40. The summed E-state index contributed by atoms with van der Waals surface area (Å²) in [6, 6.07) is 20.6. The van der Waals surface area contributed by atoms with E-state index in [-0.39, 0.29) is 17.9 Å². The van der Waals surface area contributed by atoms with Crippen molar-refractivity contribution >= 4 is 51.7 Å². The second-order valence-corrected chi connectivity index (χ2v) is 11.3. The Morgan fingerprint density at radius 3 is 2.51 bits per heavy atom. The van der Waals surface area contributed by atoms with Crippen molar-refractivity contribution in [3.8, 4) is 5.75 Å². The molecule has 0 unspecified atom stereocenters. The summed E-state index contributed by atoms with van der Waals surface area (Å²) < 4.78 is 13.9. The SMILES string of the molecule is CCC1=C(C(=O)OC)[C@H](c2ccccc2)n2c(s/c(=C\c3ccc(OCc4ccc([N+](=O)[O-])cc4)c(I)c3)c2=O)=N1. The maximum Gasteiger partial charge on any atom is 0.338 e. The van der Waals surface area contributed by atoms with Crippen LogP contribution in [0.25, 0.3) is 6.08 Å². The summed E-state index contributed by atoms with van der Waals surface area (Å²) in [6.45, 7) is 2.18. The van der Waals surface area contributed by atoms with E-state index < -0.39 is 16.9 Å². The number of allylic oxidation sites excluding steroid dienone is 1. The summed E-state index contributed by atoms with van der Waals surface area (Å²) in [7, 11) is 1.33. The van der Waals surface area contributed by atoms with E-state index in [1.54, 1.807) is 16.7 Å². The highest BCUT2D eigenvalue weighted by molar-refractivity contribution is 14.1. The number of carbonyl (C=O) groups is 1. The minimum absolute atomic E-state index is 0.0282. The van der Waals surface area contributed by atoms with Gasteiger partial charge in [0, 0.05) is 12.1 Å². The van der Waals surface area contributed by atoms with Crippen molar-refractivity contribution in [2.24, 2.45) is 4.99 Å². The number of nitro groups is 1. The lowest BCUT2D eigenvalue weighted by atomic mass is 9.95. The Kier molecular flexibility index (Phi) is 8.45. The third-order valence-corrected chi connectivity index (χ3v) is 8.39. The average Bonchev–Trinajstić information content (AvgIpc) is 3.30. The summed E-state index contributed by atoms with van der Waals surface area (Å²) in [4.78, 5) is 42.3. The van der Waals surface area contributed by atoms with Gasteiger partial charge in [0.15, 0.2) is 4.80 Å². The Morgan fingerprint density at radius 2 is 1.88 bits per heavy atom. The van der Waals surface area contributed by atoms with Gasteiger partial charge in [-0.05, 0) is 76.0 Å². The lowest BCUT2D eigenvalue weighted by Gasteiger charge is -2.25. The molecule has 1 aliphatic rings. The summed E-state index contributed by atoms with van der Waals surface area (Å²) in [5.74, 6) is 0.148. The van der Waals surface area contributed by atoms with Gasteiger partial charge < -0.3 is 9.47 Å². The fourth-order valence-electron chi connectivity index (χ4n) is 4.57. The van der Waals surface area contributed by atoms with Gasteiger partial charge in [0.25, 0.3) is 11.2 Å². The number of nitrogens with zero attached hydrogens (tertiary/aromatic N) is 3. The third-order valence-electron chi connectivity index (χ3n) is 6.56. The van der Waals surface area contributed by atoms with E-state index in [1.807, 2.05) is 61.5 Å². The summed E-state index contributed by atoms with van der Waals surface area (Å²) in [5.41, 5.74) is 3.16. The molecule has 0 radical (unpaired) electrons. The minimum atomic E-state index is -0.646. The molecule has 0 N–H and O–H groups in total. The van der Waals surface area contributed by atoms with Crippen LogP contribution in [0.4, 0.5) is 5.69 Å². The Labute approximate surface area is 252 Å². The molecule has 0 saturated carbocycles. The fourth-order valence-corrected chi connectivity index (χ4v) is 6.28. The number of methoxy groups -OCH3 is 1. The smallest absolute Gasteiger partial charge is 0.338 e. The van der Waals surface area contributed by atoms with E-state index >= 15 is 0 Å².